The van der Waals surface area contributed by atoms with Crippen molar-refractivity contribution in [3.05, 3.63) is 84.2 Å². The van der Waals surface area contributed by atoms with E-state index in [-0.39, 0.29) is 28.3 Å². The third-order valence-electron chi connectivity index (χ3n) is 5.01. The SMILES string of the molecule is CCN1C(=O)c2oc3cc(C)c(Cl)cc3c(=O)c2C1c1ccc([N+](=O)[O-])cc1. The van der Waals surface area contributed by atoms with E-state index >= 15 is 0 Å². The van der Waals surface area contributed by atoms with Crippen LogP contribution in [0.4, 0.5) is 5.69 Å². The molecule has 1 atom stereocenters. The van der Waals surface area contributed by atoms with Gasteiger partial charge in [0.1, 0.15) is 5.58 Å². The van der Waals surface area contributed by atoms with E-state index in [0.717, 1.165) is 5.56 Å². The maximum atomic E-state index is 13.2. The number of hydrogen-bond donors (Lipinski definition) is 0. The molecule has 1 unspecified atom stereocenters. The number of halogens is 1. The van der Waals surface area contributed by atoms with Crippen molar-refractivity contribution in [2.75, 3.05) is 6.54 Å². The molecule has 28 heavy (non-hydrogen) atoms. The van der Waals surface area contributed by atoms with Gasteiger partial charge >= 0.3 is 0 Å². The number of nitrogens with zero attached hydrogens (tertiary/aromatic N) is 2. The first-order chi connectivity index (χ1) is 13.3. The van der Waals surface area contributed by atoms with Gasteiger partial charge in [-0.1, -0.05) is 11.6 Å². The lowest BCUT2D eigenvalue weighted by Crippen LogP contribution is -2.29. The molecule has 0 bridgehead atoms. The Balaban J connectivity index is 1.98. The van der Waals surface area contributed by atoms with Crippen LogP contribution in [0.25, 0.3) is 11.0 Å². The van der Waals surface area contributed by atoms with Crippen molar-refractivity contribution in [3.63, 3.8) is 0 Å². The van der Waals surface area contributed by atoms with Gasteiger partial charge < -0.3 is 9.32 Å². The lowest BCUT2D eigenvalue weighted by Gasteiger charge is -2.23. The second-order valence-electron chi connectivity index (χ2n) is 6.61. The van der Waals surface area contributed by atoms with Crippen molar-refractivity contribution in [3.8, 4) is 0 Å². The quantitative estimate of drug-likeness (QED) is 0.486. The number of carbonyl (C=O) groups is 1. The minimum Gasteiger partial charge on any atom is -0.450 e. The molecule has 0 N–H and O–H groups in total. The van der Waals surface area contributed by atoms with Gasteiger partial charge in [-0.3, -0.25) is 19.7 Å². The van der Waals surface area contributed by atoms with E-state index in [1.54, 1.807) is 38.1 Å². The maximum Gasteiger partial charge on any atom is 0.290 e. The van der Waals surface area contributed by atoms with E-state index < -0.39 is 11.0 Å². The highest BCUT2D eigenvalue weighted by molar-refractivity contribution is 6.32. The number of carbonyl (C=O) groups excluding carboxylic acids is 1. The standard InChI is InChI=1S/C20H15ClN2O5/c1-3-22-17(11-4-6-12(7-5-11)23(26)27)16-18(24)13-9-14(21)10(2)8-15(13)28-19(16)20(22)25/h4-9,17H,3H2,1-2H3. The predicted molar refractivity (Wildman–Crippen MR) is 104 cm³/mol. The van der Waals surface area contributed by atoms with Gasteiger partial charge in [0.05, 0.1) is 21.9 Å². The lowest BCUT2D eigenvalue weighted by atomic mass is 9.98. The number of fused-ring (bicyclic) bond motifs is 2. The molecule has 8 heteroatoms. The fourth-order valence-electron chi connectivity index (χ4n) is 3.59. The van der Waals surface area contributed by atoms with Crippen LogP contribution in [0.3, 0.4) is 0 Å². The number of nitro benzene ring substituents is 1. The molecule has 4 rings (SSSR count). The largest absolute Gasteiger partial charge is 0.450 e. The first-order valence-electron chi connectivity index (χ1n) is 8.65. The second kappa shape index (κ2) is 6.45. The Labute approximate surface area is 164 Å². The topological polar surface area (TPSA) is 93.7 Å². The Hall–Kier alpha value is -3.19. The molecule has 0 saturated heterocycles. The number of hydrogen-bond acceptors (Lipinski definition) is 5. The van der Waals surface area contributed by atoms with Crippen LogP contribution in [-0.2, 0) is 0 Å². The first kappa shape index (κ1) is 18.2. The number of amides is 1. The number of non-ortho nitro benzene ring substituents is 1. The van der Waals surface area contributed by atoms with Gasteiger partial charge in [-0.25, -0.2) is 0 Å². The lowest BCUT2D eigenvalue weighted by molar-refractivity contribution is -0.384. The summed E-state index contributed by atoms with van der Waals surface area (Å²) < 4.78 is 5.82. The van der Waals surface area contributed by atoms with Crippen LogP contribution in [-0.4, -0.2) is 22.3 Å². The minimum atomic E-state index is -0.672. The Morgan fingerprint density at radius 2 is 1.89 bits per heavy atom. The van der Waals surface area contributed by atoms with Crippen molar-refractivity contribution < 1.29 is 14.1 Å². The minimum absolute atomic E-state index is 0.00410. The van der Waals surface area contributed by atoms with Crippen LogP contribution in [0.5, 0.6) is 0 Å². The van der Waals surface area contributed by atoms with E-state index in [9.17, 15) is 19.7 Å². The second-order valence-corrected chi connectivity index (χ2v) is 7.02. The van der Waals surface area contributed by atoms with Gasteiger partial charge in [0.25, 0.3) is 11.6 Å². The van der Waals surface area contributed by atoms with Crippen LogP contribution in [0.2, 0.25) is 5.02 Å². The molecule has 7 nitrogen and oxygen atoms in total. The smallest absolute Gasteiger partial charge is 0.290 e. The van der Waals surface area contributed by atoms with E-state index in [1.165, 1.54) is 17.0 Å². The summed E-state index contributed by atoms with van der Waals surface area (Å²) in [5.41, 5.74) is 1.48. The van der Waals surface area contributed by atoms with Crippen LogP contribution in [0, 0.1) is 17.0 Å². The fraction of sp³-hybridized carbons (Fsp3) is 0.200. The maximum absolute atomic E-state index is 13.2. The molecule has 142 valence electrons. The van der Waals surface area contributed by atoms with Crippen LogP contribution in [0.1, 0.15) is 40.2 Å². The highest BCUT2D eigenvalue weighted by Gasteiger charge is 2.42. The van der Waals surface area contributed by atoms with Crippen molar-refractivity contribution >= 4 is 34.2 Å². The molecule has 3 aromatic rings. The van der Waals surface area contributed by atoms with Gasteiger partial charge in [0, 0.05) is 23.7 Å². The normalized spacial score (nSPS) is 15.9. The monoisotopic (exact) mass is 398 g/mol. The summed E-state index contributed by atoms with van der Waals surface area (Å²) >= 11 is 6.17. The summed E-state index contributed by atoms with van der Waals surface area (Å²) in [6.45, 7) is 3.93. The average Bonchev–Trinajstić information content (AvgIpc) is 2.96. The summed E-state index contributed by atoms with van der Waals surface area (Å²) in [6, 6.07) is 8.34. The molecule has 0 fully saturated rings. The average molecular weight is 399 g/mol. The van der Waals surface area contributed by atoms with Crippen molar-refractivity contribution in [2.45, 2.75) is 19.9 Å². The number of rotatable bonds is 3. The Morgan fingerprint density at radius 1 is 1.21 bits per heavy atom. The molecule has 0 radical (unpaired) electrons. The zero-order chi connectivity index (χ0) is 20.2. The molecule has 0 saturated carbocycles. The van der Waals surface area contributed by atoms with Gasteiger partial charge in [0.15, 0.2) is 5.43 Å². The van der Waals surface area contributed by atoms with Gasteiger partial charge in [-0.15, -0.1) is 0 Å². The third kappa shape index (κ3) is 2.58. The van der Waals surface area contributed by atoms with Crippen LogP contribution >= 0.6 is 11.6 Å². The Kier molecular flexibility index (Phi) is 4.19. The van der Waals surface area contributed by atoms with Gasteiger partial charge in [-0.2, -0.15) is 0 Å². The molecular weight excluding hydrogens is 384 g/mol. The Morgan fingerprint density at radius 3 is 2.50 bits per heavy atom. The number of benzene rings is 2. The summed E-state index contributed by atoms with van der Waals surface area (Å²) in [4.78, 5) is 38.1. The zero-order valence-electron chi connectivity index (χ0n) is 15.1. The van der Waals surface area contributed by atoms with Crippen molar-refractivity contribution in [1.29, 1.82) is 0 Å². The number of nitro groups is 1. The molecule has 0 spiro atoms. The zero-order valence-corrected chi connectivity index (χ0v) is 15.8. The number of aryl methyl sites for hydroxylation is 1. The Bertz CT molecular complexity index is 1200. The molecule has 1 amide bonds. The van der Waals surface area contributed by atoms with E-state index in [0.29, 0.717) is 28.1 Å². The summed E-state index contributed by atoms with van der Waals surface area (Å²) in [5.74, 6) is -0.378. The predicted octanol–water partition coefficient (Wildman–Crippen LogP) is 4.23. The van der Waals surface area contributed by atoms with E-state index in [2.05, 4.69) is 0 Å². The van der Waals surface area contributed by atoms with Crippen LogP contribution in [0.15, 0.2) is 45.6 Å². The highest BCUT2D eigenvalue weighted by Crippen LogP contribution is 2.38. The molecule has 1 aliphatic heterocycles. The molecule has 1 aromatic heterocycles. The fourth-order valence-corrected chi connectivity index (χ4v) is 3.76. The molecule has 1 aliphatic rings. The van der Waals surface area contributed by atoms with E-state index in [4.69, 9.17) is 16.0 Å². The summed E-state index contributed by atoms with van der Waals surface area (Å²) in [5, 5.41) is 11.7. The molecule has 0 aliphatic carbocycles. The van der Waals surface area contributed by atoms with Crippen molar-refractivity contribution in [1.82, 2.24) is 4.90 Å². The summed E-state index contributed by atoms with van der Waals surface area (Å²) in [6.07, 6.45) is 0. The molecule has 2 heterocycles. The van der Waals surface area contributed by atoms with Gasteiger partial charge in [0.2, 0.25) is 5.76 Å². The molecular formula is C20H15ClN2O5. The van der Waals surface area contributed by atoms with E-state index in [1.807, 2.05) is 0 Å². The highest BCUT2D eigenvalue weighted by atomic mass is 35.5. The summed E-state index contributed by atoms with van der Waals surface area (Å²) in [7, 11) is 0. The first-order valence-corrected chi connectivity index (χ1v) is 9.03. The van der Waals surface area contributed by atoms with Crippen molar-refractivity contribution in [2.24, 2.45) is 0 Å². The van der Waals surface area contributed by atoms with Crippen LogP contribution < -0.4 is 5.43 Å². The third-order valence-corrected chi connectivity index (χ3v) is 5.41. The van der Waals surface area contributed by atoms with Gasteiger partial charge in [-0.05, 0) is 49.2 Å². The molecule has 2 aromatic carbocycles.